The smallest absolute Gasteiger partial charge is 0.338 e. The van der Waals surface area contributed by atoms with E-state index >= 15 is 0 Å². The lowest BCUT2D eigenvalue weighted by atomic mass is 9.92. The fraction of sp³-hybridized carbons (Fsp3) is 0.417. The molecule has 0 N–H and O–H groups in total. The lowest BCUT2D eigenvalue weighted by Crippen LogP contribution is -1.98. The second kappa shape index (κ2) is 3.12. The van der Waals surface area contributed by atoms with E-state index in [1.165, 1.54) is 11.1 Å². The number of ether oxygens (including phenoxy) is 1. The number of fused-ring (bicyclic) bond motifs is 1. The molecule has 0 saturated heterocycles. The van der Waals surface area contributed by atoms with E-state index in [1.54, 1.807) is 0 Å². The zero-order chi connectivity index (χ0) is 10.3. The highest BCUT2D eigenvalue weighted by molar-refractivity contribution is 5.93. The largest absolute Gasteiger partial charge is 0.457 e. The van der Waals surface area contributed by atoms with E-state index < -0.39 is 0 Å². The summed E-state index contributed by atoms with van der Waals surface area (Å²) in [6.07, 6.45) is 0. The van der Waals surface area contributed by atoms with Gasteiger partial charge in [0.15, 0.2) is 0 Å². The molecule has 2 heteroatoms. The average molecular weight is 190 g/mol. The van der Waals surface area contributed by atoms with Crippen LogP contribution in [0.3, 0.4) is 0 Å². The second-order valence-electron chi connectivity index (χ2n) is 4.04. The first-order valence-corrected chi connectivity index (χ1v) is 4.90. The molecule has 14 heavy (non-hydrogen) atoms. The highest BCUT2D eigenvalue weighted by Crippen LogP contribution is 2.29. The number of carbonyl (C=O) groups is 1. The zero-order valence-corrected chi connectivity index (χ0v) is 8.76. The number of hydrogen-bond acceptors (Lipinski definition) is 2. The van der Waals surface area contributed by atoms with Crippen molar-refractivity contribution in [3.63, 3.8) is 0 Å². The first kappa shape index (κ1) is 9.25. The van der Waals surface area contributed by atoms with Crippen LogP contribution >= 0.6 is 0 Å². The van der Waals surface area contributed by atoms with Crippen molar-refractivity contribution in [2.45, 2.75) is 33.3 Å². The van der Waals surface area contributed by atoms with Gasteiger partial charge in [-0.15, -0.1) is 0 Å². The van der Waals surface area contributed by atoms with E-state index in [0.29, 0.717) is 12.5 Å². The van der Waals surface area contributed by atoms with Crippen LogP contribution in [0.1, 0.15) is 46.8 Å². The predicted octanol–water partition coefficient (Wildman–Crippen LogP) is 2.79. The number of benzene rings is 1. The zero-order valence-electron chi connectivity index (χ0n) is 8.76. The van der Waals surface area contributed by atoms with E-state index in [1.807, 2.05) is 12.1 Å². The maximum atomic E-state index is 11.3. The highest BCUT2D eigenvalue weighted by atomic mass is 16.5. The molecule has 74 valence electrons. The van der Waals surface area contributed by atoms with Gasteiger partial charge in [0, 0.05) is 5.56 Å². The number of hydrogen-bond donors (Lipinski definition) is 0. The van der Waals surface area contributed by atoms with Gasteiger partial charge in [-0.3, -0.25) is 0 Å². The van der Waals surface area contributed by atoms with Crippen molar-refractivity contribution >= 4 is 5.97 Å². The van der Waals surface area contributed by atoms with Crippen molar-refractivity contribution < 1.29 is 9.53 Å². The molecule has 0 unspecified atom stereocenters. The Balaban J connectivity index is 2.58. The Labute approximate surface area is 83.9 Å². The minimum Gasteiger partial charge on any atom is -0.457 e. The van der Waals surface area contributed by atoms with E-state index in [4.69, 9.17) is 4.74 Å². The molecule has 0 fully saturated rings. The van der Waals surface area contributed by atoms with Crippen LogP contribution in [0.5, 0.6) is 0 Å². The molecular weight excluding hydrogens is 176 g/mol. The molecule has 0 radical (unpaired) electrons. The molecule has 1 aliphatic rings. The van der Waals surface area contributed by atoms with E-state index in [9.17, 15) is 4.79 Å². The Bertz CT molecular complexity index is 392. The fourth-order valence-corrected chi connectivity index (χ4v) is 1.99. The van der Waals surface area contributed by atoms with Gasteiger partial charge in [0.05, 0.1) is 5.56 Å². The van der Waals surface area contributed by atoms with Gasteiger partial charge in [-0.1, -0.05) is 19.9 Å². The van der Waals surface area contributed by atoms with Crippen molar-refractivity contribution in [2.24, 2.45) is 0 Å². The van der Waals surface area contributed by atoms with Crippen LogP contribution in [0, 0.1) is 6.92 Å². The molecular formula is C12H14O2. The normalized spacial score (nSPS) is 14.4. The first-order valence-electron chi connectivity index (χ1n) is 4.90. The molecule has 1 aliphatic heterocycles. The van der Waals surface area contributed by atoms with Crippen LogP contribution in [0.2, 0.25) is 0 Å². The molecule has 1 aromatic carbocycles. The van der Waals surface area contributed by atoms with Crippen LogP contribution in [-0.4, -0.2) is 5.97 Å². The third-order valence-electron chi connectivity index (χ3n) is 2.83. The molecule has 0 aromatic heterocycles. The third kappa shape index (κ3) is 1.22. The van der Waals surface area contributed by atoms with Gasteiger partial charge in [0.25, 0.3) is 0 Å². The van der Waals surface area contributed by atoms with Crippen LogP contribution in [0.25, 0.3) is 0 Å². The van der Waals surface area contributed by atoms with E-state index in [2.05, 4.69) is 20.8 Å². The summed E-state index contributed by atoms with van der Waals surface area (Å²) in [7, 11) is 0. The summed E-state index contributed by atoms with van der Waals surface area (Å²) in [5.74, 6) is 0.314. The third-order valence-corrected chi connectivity index (χ3v) is 2.83. The summed E-state index contributed by atoms with van der Waals surface area (Å²) in [4.78, 5) is 11.3. The van der Waals surface area contributed by atoms with Gasteiger partial charge >= 0.3 is 5.97 Å². The minimum absolute atomic E-state index is 0.182. The first-order chi connectivity index (χ1) is 6.61. The van der Waals surface area contributed by atoms with E-state index in [-0.39, 0.29) is 5.97 Å². The number of carbonyl (C=O) groups excluding carboxylic acids is 1. The van der Waals surface area contributed by atoms with Crippen molar-refractivity contribution in [1.29, 1.82) is 0 Å². The van der Waals surface area contributed by atoms with Gasteiger partial charge in [0.1, 0.15) is 6.61 Å². The Hall–Kier alpha value is -1.31. The predicted molar refractivity (Wildman–Crippen MR) is 54.4 cm³/mol. The average Bonchev–Trinajstić information content (AvgIpc) is 2.49. The van der Waals surface area contributed by atoms with E-state index in [0.717, 1.165) is 11.1 Å². The summed E-state index contributed by atoms with van der Waals surface area (Å²) in [5, 5.41) is 0. The maximum Gasteiger partial charge on any atom is 0.338 e. The lowest BCUT2D eigenvalue weighted by molar-refractivity contribution is 0.0535. The molecule has 0 spiro atoms. The minimum atomic E-state index is -0.182. The Morgan fingerprint density at radius 3 is 2.71 bits per heavy atom. The summed E-state index contributed by atoms with van der Waals surface area (Å²) < 4.78 is 5.00. The Kier molecular flexibility index (Phi) is 2.06. The number of esters is 1. The fourth-order valence-electron chi connectivity index (χ4n) is 1.99. The van der Waals surface area contributed by atoms with Gasteiger partial charge in [-0.2, -0.15) is 0 Å². The monoisotopic (exact) mass is 190 g/mol. The summed E-state index contributed by atoms with van der Waals surface area (Å²) >= 11 is 0. The molecule has 0 saturated carbocycles. The van der Waals surface area contributed by atoms with Crippen molar-refractivity contribution in [3.8, 4) is 0 Å². The molecule has 0 atom stereocenters. The van der Waals surface area contributed by atoms with Crippen molar-refractivity contribution in [1.82, 2.24) is 0 Å². The van der Waals surface area contributed by atoms with Gasteiger partial charge < -0.3 is 4.74 Å². The van der Waals surface area contributed by atoms with Gasteiger partial charge in [-0.25, -0.2) is 4.79 Å². The summed E-state index contributed by atoms with van der Waals surface area (Å²) in [6.45, 7) is 6.83. The molecule has 2 nitrogen and oxygen atoms in total. The quantitative estimate of drug-likeness (QED) is 0.636. The maximum absolute atomic E-state index is 11.3. The van der Waals surface area contributed by atoms with Gasteiger partial charge in [-0.05, 0) is 30.0 Å². The molecule has 0 amide bonds. The summed E-state index contributed by atoms with van der Waals surface area (Å²) in [6, 6.07) is 3.92. The summed E-state index contributed by atoms with van der Waals surface area (Å²) in [5.41, 5.74) is 4.33. The number of cyclic esters (lactones) is 1. The topological polar surface area (TPSA) is 26.3 Å². The number of rotatable bonds is 1. The molecule has 0 bridgehead atoms. The molecule has 1 aromatic rings. The Morgan fingerprint density at radius 1 is 1.36 bits per heavy atom. The van der Waals surface area contributed by atoms with Crippen molar-refractivity contribution in [2.75, 3.05) is 0 Å². The van der Waals surface area contributed by atoms with Crippen LogP contribution in [-0.2, 0) is 11.3 Å². The SMILES string of the molecule is Cc1c(C(C)C)ccc2c1COC2=O. The van der Waals surface area contributed by atoms with Crippen LogP contribution < -0.4 is 0 Å². The Morgan fingerprint density at radius 2 is 2.07 bits per heavy atom. The second-order valence-corrected chi connectivity index (χ2v) is 4.04. The standard InChI is InChI=1S/C12H14O2/c1-7(2)9-4-5-10-11(8(9)3)6-14-12(10)13/h4-5,7H,6H2,1-3H3. The molecule has 0 aliphatic carbocycles. The van der Waals surface area contributed by atoms with Crippen molar-refractivity contribution in [3.05, 3.63) is 34.4 Å². The molecule has 1 heterocycles. The molecule has 2 rings (SSSR count). The van der Waals surface area contributed by atoms with Crippen LogP contribution in [0.15, 0.2) is 12.1 Å². The lowest BCUT2D eigenvalue weighted by Gasteiger charge is -2.11. The highest BCUT2D eigenvalue weighted by Gasteiger charge is 2.24. The van der Waals surface area contributed by atoms with Gasteiger partial charge in [0.2, 0.25) is 0 Å². The van der Waals surface area contributed by atoms with Crippen LogP contribution in [0.4, 0.5) is 0 Å².